The van der Waals surface area contributed by atoms with Crippen LogP contribution in [0.15, 0.2) is 24.3 Å². The molecule has 0 aromatic heterocycles. The molecule has 0 atom stereocenters. The smallest absolute Gasteiger partial charge is 0.406 e. The van der Waals surface area contributed by atoms with Crippen LogP contribution in [0.1, 0.15) is 17.3 Å². The van der Waals surface area contributed by atoms with Crippen LogP contribution in [-0.2, 0) is 0 Å². The second kappa shape index (κ2) is 6.53. The average Bonchev–Trinajstić information content (AvgIpc) is 2.34. The molecule has 0 aliphatic heterocycles. The highest BCUT2D eigenvalue weighted by atomic mass is 19.4. The Morgan fingerprint density at radius 3 is 2.20 bits per heavy atom. The minimum Gasteiger partial charge on any atom is -0.435 e. The van der Waals surface area contributed by atoms with Crippen molar-refractivity contribution in [3.63, 3.8) is 0 Å². The van der Waals surface area contributed by atoms with Gasteiger partial charge in [-0.3, -0.25) is 4.79 Å². The van der Waals surface area contributed by atoms with Gasteiger partial charge < -0.3 is 9.64 Å². The summed E-state index contributed by atoms with van der Waals surface area (Å²) in [5, 5.41) is 0. The van der Waals surface area contributed by atoms with Gasteiger partial charge in [0.1, 0.15) is 12.3 Å². The molecule has 0 N–H and O–H groups in total. The lowest BCUT2D eigenvalue weighted by Crippen LogP contribution is -2.38. The lowest BCUT2D eigenvalue weighted by Gasteiger charge is -2.22. The minimum atomic E-state index is -4.50. The van der Waals surface area contributed by atoms with Crippen molar-refractivity contribution in [2.24, 2.45) is 0 Å². The first kappa shape index (κ1) is 16.2. The van der Waals surface area contributed by atoms with E-state index in [1.807, 2.05) is 0 Å². The Labute approximate surface area is 111 Å². The highest BCUT2D eigenvalue weighted by molar-refractivity contribution is 5.94. The Hall–Kier alpha value is -1.86. The van der Waals surface area contributed by atoms with Crippen LogP contribution >= 0.6 is 0 Å². The number of nitrogens with zero attached hydrogens (tertiary/aromatic N) is 1. The Kier molecular flexibility index (Phi) is 5.29. The van der Waals surface area contributed by atoms with Crippen LogP contribution in [0.25, 0.3) is 0 Å². The molecule has 1 rings (SSSR count). The molecule has 0 radical (unpaired) electrons. The fourth-order valence-corrected chi connectivity index (χ4v) is 1.51. The summed E-state index contributed by atoms with van der Waals surface area (Å²) in [5.41, 5.74) is -0.0299. The number of rotatable bonds is 5. The summed E-state index contributed by atoms with van der Waals surface area (Å²) in [4.78, 5) is 12.4. The predicted octanol–water partition coefficient (Wildman–Crippen LogP) is 3.31. The van der Waals surface area contributed by atoms with Gasteiger partial charge in [0, 0.05) is 12.1 Å². The van der Waals surface area contributed by atoms with Gasteiger partial charge in [0.2, 0.25) is 0 Å². The monoisotopic (exact) mass is 297 g/mol. The topological polar surface area (TPSA) is 29.5 Å². The van der Waals surface area contributed by atoms with Crippen molar-refractivity contribution >= 4 is 5.91 Å². The molecular formula is C12H12F5NO2. The summed E-state index contributed by atoms with van der Waals surface area (Å²) < 4.78 is 64.8. The number of carbonyl (C=O) groups is 1. The van der Waals surface area contributed by atoms with Crippen LogP contribution < -0.4 is 4.74 Å². The maximum absolute atomic E-state index is 12.3. The number of amides is 1. The Morgan fingerprint density at radius 2 is 1.80 bits per heavy atom. The Bertz CT molecular complexity index is 444. The van der Waals surface area contributed by atoms with Gasteiger partial charge in [-0.05, 0) is 31.2 Å². The molecule has 8 heteroatoms. The molecule has 1 aromatic rings. The van der Waals surface area contributed by atoms with E-state index in [-0.39, 0.29) is 17.9 Å². The zero-order chi connectivity index (χ0) is 15.3. The van der Waals surface area contributed by atoms with Gasteiger partial charge in [-0.15, -0.1) is 0 Å². The first-order chi connectivity index (χ1) is 9.23. The molecule has 1 aromatic carbocycles. The van der Waals surface area contributed by atoms with Crippen molar-refractivity contribution < 1.29 is 31.5 Å². The second-order valence-electron chi connectivity index (χ2n) is 3.84. The van der Waals surface area contributed by atoms with Crippen molar-refractivity contribution in [2.45, 2.75) is 19.7 Å². The lowest BCUT2D eigenvalue weighted by molar-refractivity contribution is -0.140. The molecular weight excluding hydrogens is 285 g/mol. The fourth-order valence-electron chi connectivity index (χ4n) is 1.51. The lowest BCUT2D eigenvalue weighted by atomic mass is 10.2. The van der Waals surface area contributed by atoms with Gasteiger partial charge in [0.25, 0.3) is 5.91 Å². The number of benzene rings is 1. The zero-order valence-corrected chi connectivity index (χ0v) is 10.5. The summed E-state index contributed by atoms with van der Waals surface area (Å²) in [6, 6.07) is 4.47. The van der Waals surface area contributed by atoms with E-state index < -0.39 is 25.2 Å². The number of halogens is 5. The third-order valence-electron chi connectivity index (χ3n) is 2.37. The van der Waals surface area contributed by atoms with Crippen LogP contribution in [0.4, 0.5) is 22.0 Å². The number of hydrogen-bond donors (Lipinski definition) is 0. The van der Waals surface area contributed by atoms with Crippen molar-refractivity contribution in [3.8, 4) is 5.75 Å². The van der Waals surface area contributed by atoms with Crippen LogP contribution in [-0.4, -0.2) is 36.7 Å². The molecule has 0 spiro atoms. The molecule has 20 heavy (non-hydrogen) atoms. The van der Waals surface area contributed by atoms with Gasteiger partial charge in [-0.1, -0.05) is 0 Å². The predicted molar refractivity (Wildman–Crippen MR) is 60.7 cm³/mol. The summed E-state index contributed by atoms with van der Waals surface area (Å²) in [7, 11) is 0. The van der Waals surface area contributed by atoms with Gasteiger partial charge in [-0.25, -0.2) is 0 Å². The first-order valence-electron chi connectivity index (χ1n) is 5.64. The number of carbonyl (C=O) groups excluding carboxylic acids is 1. The summed E-state index contributed by atoms with van der Waals surface area (Å²) in [6.45, 7) is -3.07. The maximum Gasteiger partial charge on any atom is 0.406 e. The third kappa shape index (κ3) is 5.02. The van der Waals surface area contributed by atoms with Gasteiger partial charge in [-0.2, -0.15) is 22.0 Å². The van der Waals surface area contributed by atoms with E-state index >= 15 is 0 Å². The standard InChI is InChI=1S/C12H12F5NO2/c1-2-18(7-12(15,16)17)10(19)8-3-5-9(6-4-8)20-11(13)14/h3-6,11H,2,7H2,1H3. The highest BCUT2D eigenvalue weighted by Crippen LogP contribution is 2.20. The Balaban J connectivity index is 2.80. The normalized spacial score (nSPS) is 11.6. The van der Waals surface area contributed by atoms with Crippen molar-refractivity contribution in [3.05, 3.63) is 29.8 Å². The van der Waals surface area contributed by atoms with Crippen LogP contribution in [0.2, 0.25) is 0 Å². The molecule has 0 unspecified atom stereocenters. The zero-order valence-electron chi connectivity index (χ0n) is 10.5. The van der Waals surface area contributed by atoms with E-state index in [0.717, 1.165) is 24.3 Å². The van der Waals surface area contributed by atoms with Gasteiger partial charge in [0.05, 0.1) is 0 Å². The van der Waals surface area contributed by atoms with Crippen LogP contribution in [0.3, 0.4) is 0 Å². The third-order valence-corrected chi connectivity index (χ3v) is 2.37. The molecule has 0 bridgehead atoms. The second-order valence-corrected chi connectivity index (χ2v) is 3.84. The Morgan fingerprint density at radius 1 is 1.25 bits per heavy atom. The van der Waals surface area contributed by atoms with E-state index in [2.05, 4.69) is 4.74 Å². The number of alkyl halides is 5. The SMILES string of the molecule is CCN(CC(F)(F)F)C(=O)c1ccc(OC(F)F)cc1. The molecule has 0 saturated carbocycles. The van der Waals surface area contributed by atoms with E-state index in [9.17, 15) is 26.7 Å². The number of hydrogen-bond acceptors (Lipinski definition) is 2. The molecule has 0 aliphatic carbocycles. The quantitative estimate of drug-likeness (QED) is 0.780. The van der Waals surface area contributed by atoms with Crippen LogP contribution in [0.5, 0.6) is 5.75 Å². The molecule has 0 fully saturated rings. The van der Waals surface area contributed by atoms with Crippen LogP contribution in [0, 0.1) is 0 Å². The minimum absolute atomic E-state index is 0.0299. The highest BCUT2D eigenvalue weighted by Gasteiger charge is 2.32. The van der Waals surface area contributed by atoms with Crippen molar-refractivity contribution in [2.75, 3.05) is 13.1 Å². The molecule has 112 valence electrons. The first-order valence-corrected chi connectivity index (χ1v) is 5.64. The largest absolute Gasteiger partial charge is 0.435 e. The molecule has 3 nitrogen and oxygen atoms in total. The summed E-state index contributed by atoms with van der Waals surface area (Å²) in [5.74, 6) is -0.996. The van der Waals surface area contributed by atoms with Crippen molar-refractivity contribution in [1.29, 1.82) is 0 Å². The molecule has 0 saturated heterocycles. The molecule has 0 heterocycles. The molecule has 0 aliphatic rings. The average molecular weight is 297 g/mol. The van der Waals surface area contributed by atoms with Gasteiger partial charge >= 0.3 is 12.8 Å². The fraction of sp³-hybridized carbons (Fsp3) is 0.417. The van der Waals surface area contributed by atoms with E-state index in [4.69, 9.17) is 0 Å². The number of ether oxygens (including phenoxy) is 1. The van der Waals surface area contributed by atoms with E-state index in [1.165, 1.54) is 6.92 Å². The summed E-state index contributed by atoms with van der Waals surface area (Å²) >= 11 is 0. The molecule has 1 amide bonds. The maximum atomic E-state index is 12.3. The van der Waals surface area contributed by atoms with Crippen molar-refractivity contribution in [1.82, 2.24) is 4.90 Å². The van der Waals surface area contributed by atoms with E-state index in [0.29, 0.717) is 4.90 Å². The summed E-state index contributed by atoms with van der Waals surface area (Å²) in [6.07, 6.45) is -4.50. The van der Waals surface area contributed by atoms with E-state index in [1.54, 1.807) is 0 Å². The van der Waals surface area contributed by atoms with Gasteiger partial charge in [0.15, 0.2) is 0 Å².